The number of carboxylic acids is 1. The van der Waals surface area contributed by atoms with E-state index >= 15 is 0 Å². The average Bonchev–Trinajstić information content (AvgIpc) is 2.90. The molecule has 0 spiro atoms. The number of benzene rings is 1. The fourth-order valence-electron chi connectivity index (χ4n) is 3.47. The lowest BCUT2D eigenvalue weighted by molar-refractivity contribution is -0.143. The molecule has 26 heavy (non-hydrogen) atoms. The first-order valence-electron chi connectivity index (χ1n) is 8.68. The predicted molar refractivity (Wildman–Crippen MR) is 98.5 cm³/mol. The fraction of sp³-hybridized carbons (Fsp3) is 0.421. The molecule has 2 aromatic rings. The number of carboxylic acid groups (broad SMARTS) is 1. The summed E-state index contributed by atoms with van der Waals surface area (Å²) in [5.41, 5.74) is 2.91. The summed E-state index contributed by atoms with van der Waals surface area (Å²) in [4.78, 5) is 25.9. The molecule has 1 aromatic heterocycles. The van der Waals surface area contributed by atoms with Crippen LogP contribution in [0.15, 0.2) is 24.3 Å². The second kappa shape index (κ2) is 7.50. The van der Waals surface area contributed by atoms with Crippen molar-refractivity contribution in [1.29, 1.82) is 0 Å². The third-order valence-corrected chi connectivity index (χ3v) is 5.30. The van der Waals surface area contributed by atoms with Crippen LogP contribution in [0.3, 0.4) is 0 Å². The van der Waals surface area contributed by atoms with Crippen LogP contribution in [0.1, 0.15) is 40.2 Å². The van der Waals surface area contributed by atoms with Gasteiger partial charge in [-0.1, -0.05) is 29.8 Å². The molecule has 0 radical (unpaired) electrons. The Kier molecular flexibility index (Phi) is 5.32. The van der Waals surface area contributed by atoms with Gasteiger partial charge in [0.15, 0.2) is 0 Å². The maximum atomic E-state index is 13.0. The maximum Gasteiger partial charge on any atom is 0.308 e. The molecule has 3 rings (SSSR count). The second-order valence-corrected chi connectivity index (χ2v) is 7.13. The van der Waals surface area contributed by atoms with Crippen LogP contribution in [0.25, 0.3) is 0 Å². The minimum absolute atomic E-state index is 0.142. The van der Waals surface area contributed by atoms with Crippen LogP contribution in [0.4, 0.5) is 0 Å². The highest BCUT2D eigenvalue weighted by Crippen LogP contribution is 2.23. The lowest BCUT2D eigenvalue weighted by Gasteiger charge is -2.30. The largest absolute Gasteiger partial charge is 0.481 e. The number of aryl methyl sites for hydroxylation is 1. The standard InChI is InChI=1S/C19H22ClN3O3/c1-12-17(18(24)22-9-5-7-15(10-22)19(25)26)13(2)23(21-12)11-14-6-3-4-8-16(14)20/h3-4,6,8,15H,5,7,9-11H2,1-2H3,(H,25,26). The van der Waals surface area contributed by atoms with Gasteiger partial charge in [-0.3, -0.25) is 14.3 Å². The number of halogens is 1. The average molecular weight is 376 g/mol. The van der Waals surface area contributed by atoms with Gasteiger partial charge >= 0.3 is 5.97 Å². The van der Waals surface area contributed by atoms with E-state index in [1.165, 1.54) is 0 Å². The lowest BCUT2D eigenvalue weighted by atomic mass is 9.97. The summed E-state index contributed by atoms with van der Waals surface area (Å²) in [5, 5.41) is 14.4. The summed E-state index contributed by atoms with van der Waals surface area (Å²) < 4.78 is 1.78. The van der Waals surface area contributed by atoms with Gasteiger partial charge in [0, 0.05) is 23.8 Å². The molecule has 0 bridgehead atoms. The number of carbonyl (C=O) groups is 2. The highest BCUT2D eigenvalue weighted by atomic mass is 35.5. The summed E-state index contributed by atoms with van der Waals surface area (Å²) in [6.45, 7) is 4.99. The van der Waals surface area contributed by atoms with E-state index in [0.717, 1.165) is 11.3 Å². The number of likely N-dealkylation sites (tertiary alicyclic amines) is 1. The zero-order chi connectivity index (χ0) is 18.8. The van der Waals surface area contributed by atoms with Gasteiger partial charge in [0.05, 0.1) is 23.7 Å². The maximum absolute atomic E-state index is 13.0. The van der Waals surface area contributed by atoms with E-state index in [4.69, 9.17) is 11.6 Å². The first kappa shape index (κ1) is 18.5. The molecule has 138 valence electrons. The highest BCUT2D eigenvalue weighted by Gasteiger charge is 2.31. The van der Waals surface area contributed by atoms with Crippen LogP contribution < -0.4 is 0 Å². The van der Waals surface area contributed by atoms with Crippen molar-refractivity contribution < 1.29 is 14.7 Å². The molecule has 1 aliphatic rings. The zero-order valence-corrected chi connectivity index (χ0v) is 15.7. The van der Waals surface area contributed by atoms with Crippen molar-refractivity contribution in [1.82, 2.24) is 14.7 Å². The van der Waals surface area contributed by atoms with Crippen molar-refractivity contribution in [2.45, 2.75) is 33.2 Å². The smallest absolute Gasteiger partial charge is 0.308 e. The number of carbonyl (C=O) groups excluding carboxylic acids is 1. The Bertz CT molecular complexity index is 847. The number of piperidine rings is 1. The van der Waals surface area contributed by atoms with Gasteiger partial charge in [0.25, 0.3) is 5.91 Å². The van der Waals surface area contributed by atoms with E-state index in [1.54, 1.807) is 9.58 Å². The highest BCUT2D eigenvalue weighted by molar-refractivity contribution is 6.31. The van der Waals surface area contributed by atoms with Crippen molar-refractivity contribution in [2.24, 2.45) is 5.92 Å². The molecule has 1 atom stereocenters. The molecule has 1 aromatic carbocycles. The fourth-order valence-corrected chi connectivity index (χ4v) is 3.67. The van der Waals surface area contributed by atoms with Crippen LogP contribution in [0, 0.1) is 19.8 Å². The van der Waals surface area contributed by atoms with Crippen molar-refractivity contribution in [3.05, 3.63) is 51.8 Å². The molecule has 0 aliphatic carbocycles. The molecule has 1 N–H and O–H groups in total. The van der Waals surface area contributed by atoms with Crippen molar-refractivity contribution in [3.8, 4) is 0 Å². The van der Waals surface area contributed by atoms with Crippen LogP contribution in [0.2, 0.25) is 5.02 Å². The van der Waals surface area contributed by atoms with Crippen LogP contribution in [0.5, 0.6) is 0 Å². The van der Waals surface area contributed by atoms with Crippen LogP contribution in [-0.2, 0) is 11.3 Å². The number of amides is 1. The van der Waals surface area contributed by atoms with E-state index in [2.05, 4.69) is 5.10 Å². The second-order valence-electron chi connectivity index (χ2n) is 6.72. The monoisotopic (exact) mass is 375 g/mol. The molecular formula is C19H22ClN3O3. The van der Waals surface area contributed by atoms with Gasteiger partial charge in [-0.15, -0.1) is 0 Å². The molecule has 2 heterocycles. The Morgan fingerprint density at radius 2 is 2.04 bits per heavy atom. The zero-order valence-electron chi connectivity index (χ0n) is 14.9. The van der Waals surface area contributed by atoms with Crippen LogP contribution >= 0.6 is 11.6 Å². The molecular weight excluding hydrogens is 354 g/mol. The summed E-state index contributed by atoms with van der Waals surface area (Å²) in [7, 11) is 0. The number of aromatic nitrogens is 2. The third-order valence-electron chi connectivity index (χ3n) is 4.93. The van der Waals surface area contributed by atoms with E-state index in [1.807, 2.05) is 38.1 Å². The van der Waals surface area contributed by atoms with E-state index < -0.39 is 11.9 Å². The predicted octanol–water partition coefficient (Wildman–Crippen LogP) is 3.14. The summed E-state index contributed by atoms with van der Waals surface area (Å²) in [6.07, 6.45) is 1.32. The Morgan fingerprint density at radius 1 is 1.31 bits per heavy atom. The Labute approximate surface area is 157 Å². The first-order valence-corrected chi connectivity index (χ1v) is 9.05. The minimum atomic E-state index is -0.842. The first-order chi connectivity index (χ1) is 12.4. The van der Waals surface area contributed by atoms with Crippen molar-refractivity contribution in [3.63, 3.8) is 0 Å². The number of hydrogen-bond donors (Lipinski definition) is 1. The van der Waals surface area contributed by atoms with Gasteiger partial charge < -0.3 is 10.0 Å². The Balaban J connectivity index is 1.84. The van der Waals surface area contributed by atoms with Gasteiger partial charge in [-0.25, -0.2) is 0 Å². The molecule has 1 amide bonds. The number of rotatable bonds is 4. The third kappa shape index (κ3) is 3.60. The van der Waals surface area contributed by atoms with Gasteiger partial charge in [0.2, 0.25) is 0 Å². The molecule has 1 aliphatic heterocycles. The Hall–Kier alpha value is -2.34. The summed E-state index contributed by atoms with van der Waals surface area (Å²) >= 11 is 6.23. The summed E-state index contributed by atoms with van der Waals surface area (Å²) in [6, 6.07) is 7.55. The van der Waals surface area contributed by atoms with E-state index in [9.17, 15) is 14.7 Å². The Morgan fingerprint density at radius 3 is 2.73 bits per heavy atom. The molecule has 0 saturated carbocycles. The topological polar surface area (TPSA) is 75.4 Å². The molecule has 1 saturated heterocycles. The van der Waals surface area contributed by atoms with Crippen molar-refractivity contribution >= 4 is 23.5 Å². The quantitative estimate of drug-likeness (QED) is 0.890. The number of aliphatic carboxylic acids is 1. The SMILES string of the molecule is Cc1nn(Cc2ccccc2Cl)c(C)c1C(=O)N1CCCC(C(=O)O)C1. The molecule has 6 nitrogen and oxygen atoms in total. The molecule has 1 fully saturated rings. The van der Waals surface area contributed by atoms with Gasteiger partial charge in [-0.2, -0.15) is 5.10 Å². The molecule has 1 unspecified atom stereocenters. The van der Waals surface area contributed by atoms with Crippen LogP contribution in [-0.4, -0.2) is 44.8 Å². The van der Waals surface area contributed by atoms with Gasteiger partial charge in [-0.05, 0) is 38.3 Å². The van der Waals surface area contributed by atoms with E-state index in [0.29, 0.717) is 42.2 Å². The lowest BCUT2D eigenvalue weighted by Crippen LogP contribution is -2.42. The molecule has 7 heteroatoms. The number of nitrogens with zero attached hydrogens (tertiary/aromatic N) is 3. The van der Waals surface area contributed by atoms with E-state index in [-0.39, 0.29) is 12.5 Å². The normalized spacial score (nSPS) is 17.3. The van der Waals surface area contributed by atoms with Gasteiger partial charge in [0.1, 0.15) is 0 Å². The summed E-state index contributed by atoms with van der Waals surface area (Å²) in [5.74, 6) is -1.48. The number of hydrogen-bond acceptors (Lipinski definition) is 3. The minimum Gasteiger partial charge on any atom is -0.481 e. The van der Waals surface area contributed by atoms with Crippen molar-refractivity contribution in [2.75, 3.05) is 13.1 Å².